The van der Waals surface area contributed by atoms with Crippen LogP contribution < -0.4 is 0 Å². The number of rotatable bonds is 3. The molecule has 88 valence electrons. The summed E-state index contributed by atoms with van der Waals surface area (Å²) in [6.45, 7) is 0. The van der Waals surface area contributed by atoms with Crippen molar-refractivity contribution in [2.75, 3.05) is 0 Å². The molecule has 2 nitrogen and oxygen atoms in total. The first kappa shape index (κ1) is 10.6. The number of aliphatic hydroxyl groups excluding tert-OH is 1. The Bertz CT molecular complexity index is 487. The maximum atomic E-state index is 10.3. The van der Waals surface area contributed by atoms with E-state index in [-0.39, 0.29) is 12.0 Å². The number of hydrogen-bond donors (Lipinski definition) is 1. The number of benzene rings is 1. The summed E-state index contributed by atoms with van der Waals surface area (Å²) < 4.78 is 5.04. The molecule has 0 saturated heterocycles. The fourth-order valence-corrected chi connectivity index (χ4v) is 2.78. The van der Waals surface area contributed by atoms with Crippen LogP contribution >= 0.6 is 0 Å². The molecule has 0 fully saturated rings. The van der Waals surface area contributed by atoms with E-state index < -0.39 is 0 Å². The molecule has 0 aliphatic heterocycles. The van der Waals surface area contributed by atoms with Crippen LogP contribution in [-0.2, 0) is 12.8 Å². The van der Waals surface area contributed by atoms with Crippen molar-refractivity contribution < 1.29 is 9.52 Å². The van der Waals surface area contributed by atoms with Gasteiger partial charge in [-0.05, 0) is 35.6 Å². The van der Waals surface area contributed by atoms with Gasteiger partial charge in [0.05, 0.1) is 18.6 Å². The van der Waals surface area contributed by atoms with Crippen molar-refractivity contribution in [3.05, 3.63) is 59.5 Å². The Balaban J connectivity index is 1.78. The van der Waals surface area contributed by atoms with Gasteiger partial charge in [0.15, 0.2) is 0 Å². The van der Waals surface area contributed by atoms with E-state index >= 15 is 0 Å². The molecule has 1 aliphatic carbocycles. The first-order chi connectivity index (χ1) is 8.34. The zero-order chi connectivity index (χ0) is 11.7. The van der Waals surface area contributed by atoms with E-state index in [1.165, 1.54) is 11.1 Å². The number of fused-ring (bicyclic) bond motifs is 1. The van der Waals surface area contributed by atoms with Gasteiger partial charge < -0.3 is 9.52 Å². The molecule has 1 aromatic heterocycles. The highest BCUT2D eigenvalue weighted by atomic mass is 16.3. The van der Waals surface area contributed by atoms with Crippen LogP contribution in [0, 0.1) is 0 Å². The number of hydrogen-bond acceptors (Lipinski definition) is 2. The van der Waals surface area contributed by atoms with Gasteiger partial charge in [0.2, 0.25) is 0 Å². The molecule has 1 heterocycles. The van der Waals surface area contributed by atoms with Crippen molar-refractivity contribution in [1.82, 2.24) is 0 Å². The van der Waals surface area contributed by atoms with Gasteiger partial charge in [-0.3, -0.25) is 0 Å². The molecule has 2 heteroatoms. The van der Waals surface area contributed by atoms with Crippen LogP contribution in [0.3, 0.4) is 0 Å². The molecular weight excluding hydrogens is 212 g/mol. The highest BCUT2D eigenvalue weighted by Gasteiger charge is 2.28. The Morgan fingerprint density at radius 3 is 3.00 bits per heavy atom. The minimum absolute atomic E-state index is 0.279. The maximum absolute atomic E-state index is 10.3. The highest BCUT2D eigenvalue weighted by Crippen LogP contribution is 2.36. The normalized spacial score (nSPS) is 20.2. The maximum Gasteiger partial charge on any atom is 0.0935 e. The third-order valence-electron chi connectivity index (χ3n) is 3.67. The van der Waals surface area contributed by atoms with Gasteiger partial charge in [-0.2, -0.15) is 0 Å². The molecule has 0 spiro atoms. The Kier molecular flexibility index (Phi) is 2.73. The molecule has 0 amide bonds. The first-order valence-electron chi connectivity index (χ1n) is 6.11. The summed E-state index contributed by atoms with van der Waals surface area (Å²) in [5.74, 6) is 0.279. The summed E-state index contributed by atoms with van der Waals surface area (Å²) in [4.78, 5) is 0. The monoisotopic (exact) mass is 228 g/mol. The van der Waals surface area contributed by atoms with Crippen molar-refractivity contribution in [2.45, 2.75) is 31.3 Å². The van der Waals surface area contributed by atoms with Gasteiger partial charge in [0.25, 0.3) is 0 Å². The van der Waals surface area contributed by atoms with Crippen LogP contribution in [0.25, 0.3) is 0 Å². The van der Waals surface area contributed by atoms with E-state index in [2.05, 4.69) is 24.3 Å². The van der Waals surface area contributed by atoms with E-state index in [4.69, 9.17) is 4.42 Å². The average molecular weight is 228 g/mol. The summed E-state index contributed by atoms with van der Waals surface area (Å²) in [7, 11) is 0. The molecule has 2 atom stereocenters. The summed E-state index contributed by atoms with van der Waals surface area (Å²) in [6, 6.07) is 10.4. The lowest BCUT2D eigenvalue weighted by Gasteiger charge is -2.18. The quantitative estimate of drug-likeness (QED) is 0.876. The molecule has 2 unspecified atom stereocenters. The summed E-state index contributed by atoms with van der Waals surface area (Å²) in [5, 5.41) is 10.3. The summed E-state index contributed by atoms with van der Waals surface area (Å²) >= 11 is 0. The zero-order valence-electron chi connectivity index (χ0n) is 9.67. The lowest BCUT2D eigenvalue weighted by atomic mass is 9.92. The first-order valence-corrected chi connectivity index (χ1v) is 6.11. The van der Waals surface area contributed by atoms with Crippen molar-refractivity contribution in [2.24, 2.45) is 0 Å². The Labute approximate surface area is 101 Å². The Morgan fingerprint density at radius 2 is 2.18 bits per heavy atom. The second kappa shape index (κ2) is 4.38. The largest absolute Gasteiger partial charge is 0.472 e. The van der Waals surface area contributed by atoms with Crippen molar-refractivity contribution in [3.8, 4) is 0 Å². The second-order valence-electron chi connectivity index (χ2n) is 4.75. The minimum Gasteiger partial charge on any atom is -0.472 e. The number of furan rings is 1. The second-order valence-corrected chi connectivity index (χ2v) is 4.75. The van der Waals surface area contributed by atoms with Gasteiger partial charge in [-0.1, -0.05) is 24.3 Å². The third-order valence-corrected chi connectivity index (χ3v) is 3.67. The molecule has 0 bridgehead atoms. The summed E-state index contributed by atoms with van der Waals surface area (Å²) in [6.07, 6.45) is 5.88. The average Bonchev–Trinajstić information content (AvgIpc) is 2.96. The van der Waals surface area contributed by atoms with Crippen LogP contribution in [0.15, 0.2) is 47.3 Å². The highest BCUT2D eigenvalue weighted by molar-refractivity contribution is 5.36. The Morgan fingerprint density at radius 1 is 1.29 bits per heavy atom. The predicted molar refractivity (Wildman–Crippen MR) is 65.9 cm³/mol. The minimum atomic E-state index is -0.309. The van der Waals surface area contributed by atoms with Gasteiger partial charge in [0, 0.05) is 12.3 Å². The van der Waals surface area contributed by atoms with E-state index in [0.29, 0.717) is 6.42 Å². The van der Waals surface area contributed by atoms with Gasteiger partial charge in [0.1, 0.15) is 0 Å². The molecule has 1 N–H and O–H groups in total. The molecule has 17 heavy (non-hydrogen) atoms. The fourth-order valence-electron chi connectivity index (χ4n) is 2.78. The lowest BCUT2D eigenvalue weighted by molar-refractivity contribution is 0.143. The van der Waals surface area contributed by atoms with Crippen molar-refractivity contribution >= 4 is 0 Å². The van der Waals surface area contributed by atoms with Crippen LogP contribution in [0.1, 0.15) is 29.0 Å². The predicted octanol–water partition coefficient (Wildman–Crippen LogP) is 2.91. The molecule has 3 rings (SSSR count). The lowest BCUT2D eigenvalue weighted by Crippen LogP contribution is -2.18. The number of aliphatic hydroxyl groups is 1. The van der Waals surface area contributed by atoms with Crippen molar-refractivity contribution in [1.29, 1.82) is 0 Å². The van der Waals surface area contributed by atoms with Gasteiger partial charge in [-0.25, -0.2) is 0 Å². The molecule has 2 aromatic rings. The Hall–Kier alpha value is -1.54. The van der Waals surface area contributed by atoms with Gasteiger partial charge >= 0.3 is 0 Å². The van der Waals surface area contributed by atoms with Crippen molar-refractivity contribution in [3.63, 3.8) is 0 Å². The number of aryl methyl sites for hydroxylation is 1. The molecule has 1 aromatic carbocycles. The van der Waals surface area contributed by atoms with Crippen LogP contribution in [0.4, 0.5) is 0 Å². The molecule has 0 saturated carbocycles. The van der Waals surface area contributed by atoms with Gasteiger partial charge in [-0.15, -0.1) is 0 Å². The van der Waals surface area contributed by atoms with E-state index in [9.17, 15) is 5.11 Å². The third kappa shape index (κ3) is 2.01. The molecule has 1 aliphatic rings. The standard InChI is InChI=1S/C15H16O2/c16-15(9-11-7-8-17-10-11)14-6-5-12-3-1-2-4-13(12)14/h1-4,7-8,10,14-16H,5-6,9H2. The summed E-state index contributed by atoms with van der Waals surface area (Å²) in [5.41, 5.74) is 3.79. The fraction of sp³-hybridized carbons (Fsp3) is 0.333. The topological polar surface area (TPSA) is 33.4 Å². The zero-order valence-corrected chi connectivity index (χ0v) is 9.67. The smallest absolute Gasteiger partial charge is 0.0935 e. The molecular formula is C15H16O2. The van der Waals surface area contributed by atoms with Crippen LogP contribution in [0.2, 0.25) is 0 Å². The van der Waals surface area contributed by atoms with E-state index in [1.54, 1.807) is 12.5 Å². The van der Waals surface area contributed by atoms with E-state index in [0.717, 1.165) is 18.4 Å². The SMILES string of the molecule is OC(Cc1ccoc1)C1CCc2ccccc21. The van der Waals surface area contributed by atoms with Crippen LogP contribution in [0.5, 0.6) is 0 Å². The molecule has 0 radical (unpaired) electrons. The van der Waals surface area contributed by atoms with E-state index in [1.807, 2.05) is 6.07 Å². The van der Waals surface area contributed by atoms with Crippen LogP contribution in [-0.4, -0.2) is 11.2 Å².